The number of anilines is 3. The summed E-state index contributed by atoms with van der Waals surface area (Å²) in [4.78, 5) is 49.9. The van der Waals surface area contributed by atoms with Crippen LogP contribution in [0.15, 0.2) is 47.5 Å². The van der Waals surface area contributed by atoms with Crippen LogP contribution in [0.2, 0.25) is 0 Å². The van der Waals surface area contributed by atoms with Crippen LogP contribution in [0.5, 0.6) is 5.88 Å². The Balaban J connectivity index is 1.14. The van der Waals surface area contributed by atoms with E-state index < -0.39 is 24.1 Å². The van der Waals surface area contributed by atoms with E-state index in [2.05, 4.69) is 20.6 Å². The maximum Gasteiger partial charge on any atom is 0.414 e. The van der Waals surface area contributed by atoms with Gasteiger partial charge >= 0.3 is 12.1 Å². The molecule has 2 fully saturated rings. The van der Waals surface area contributed by atoms with Gasteiger partial charge in [0.1, 0.15) is 11.6 Å². The second kappa shape index (κ2) is 10.2. The molecule has 2 amide bonds. The van der Waals surface area contributed by atoms with Crippen molar-refractivity contribution in [2.45, 2.75) is 17.0 Å². The predicted molar refractivity (Wildman–Crippen MR) is 145 cm³/mol. The molecule has 13 heteroatoms. The molecule has 1 aromatic carbocycles. The molecule has 0 saturated carbocycles. The monoisotopic (exact) mass is 550 g/mol. The number of methoxy groups -OCH3 is 1. The minimum atomic E-state index is -0.905. The van der Waals surface area contributed by atoms with E-state index in [-0.39, 0.29) is 11.9 Å². The van der Waals surface area contributed by atoms with Crippen molar-refractivity contribution in [3.8, 4) is 5.88 Å². The number of ether oxygens (including phenoxy) is 2. The molecule has 0 radical (unpaired) electrons. The maximum atomic E-state index is 12.7. The fraction of sp³-hybridized carbons (Fsp3) is 0.346. The third-order valence-corrected chi connectivity index (χ3v) is 8.19. The van der Waals surface area contributed by atoms with E-state index in [1.54, 1.807) is 25.4 Å². The molecule has 0 bridgehead atoms. The average molecular weight is 551 g/mol. The Bertz CT molecular complexity index is 1470. The number of aromatic nitrogens is 2. The van der Waals surface area contributed by atoms with E-state index in [0.717, 1.165) is 10.6 Å². The molecule has 3 N–H and O–H groups in total. The largest absolute Gasteiger partial charge is 0.481 e. The van der Waals surface area contributed by atoms with Gasteiger partial charge in [-0.25, -0.2) is 9.78 Å². The Morgan fingerprint density at radius 3 is 2.92 bits per heavy atom. The van der Waals surface area contributed by atoms with Crippen molar-refractivity contribution in [2.24, 2.45) is 5.92 Å². The fourth-order valence-corrected chi connectivity index (χ4v) is 5.97. The minimum absolute atomic E-state index is 0.0796. The second-order valence-corrected chi connectivity index (χ2v) is 10.6. The number of rotatable bonds is 7. The van der Waals surface area contributed by atoms with Crippen molar-refractivity contribution in [3.63, 3.8) is 0 Å². The van der Waals surface area contributed by atoms with Gasteiger partial charge in [-0.3, -0.25) is 19.5 Å². The summed E-state index contributed by atoms with van der Waals surface area (Å²) in [7, 11) is 1.54. The first kappa shape index (κ1) is 25.2. The molecule has 6 rings (SSSR count). The molecule has 3 atom stereocenters. The van der Waals surface area contributed by atoms with Crippen LogP contribution in [-0.2, 0) is 14.3 Å². The van der Waals surface area contributed by atoms with E-state index in [0.29, 0.717) is 60.2 Å². The van der Waals surface area contributed by atoms with Crippen LogP contribution in [0.4, 0.5) is 21.9 Å². The zero-order valence-electron chi connectivity index (χ0n) is 21.0. The average Bonchev–Trinajstić information content (AvgIpc) is 3.54. The van der Waals surface area contributed by atoms with Crippen LogP contribution in [0.1, 0.15) is 0 Å². The summed E-state index contributed by atoms with van der Waals surface area (Å²) < 4.78 is 10.9. The topological polar surface area (TPSA) is 146 Å². The van der Waals surface area contributed by atoms with Crippen LogP contribution in [0.3, 0.4) is 0 Å². The number of benzene rings is 1. The first-order valence-corrected chi connectivity index (χ1v) is 13.4. The van der Waals surface area contributed by atoms with Gasteiger partial charge in [-0.05, 0) is 30.3 Å². The molecular formula is C26H26N6O6S. The standard InChI is InChI=1S/C26H26N6O6S/c1-37-23-5-3-17-24(30-23)20(6-7-27-17)31-11-16(25(34)35)19(12-31)28-9-15-10-32(26(36)38-15)14-2-4-21-18(8-14)29-22(33)13-39-21/h2-8,15-16,19,28H,9-13H2,1H3,(H,29,33)(H,34,35)/t15-,16+,19+/m0/s1. The number of hydrogen-bond donors (Lipinski definition) is 3. The highest BCUT2D eigenvalue weighted by molar-refractivity contribution is 8.00. The smallest absolute Gasteiger partial charge is 0.414 e. The van der Waals surface area contributed by atoms with Gasteiger partial charge in [0.2, 0.25) is 11.8 Å². The lowest BCUT2D eigenvalue weighted by Gasteiger charge is -2.21. The highest BCUT2D eigenvalue weighted by Gasteiger charge is 2.40. The van der Waals surface area contributed by atoms with Crippen molar-refractivity contribution in [1.82, 2.24) is 15.3 Å². The second-order valence-electron chi connectivity index (χ2n) is 9.55. The predicted octanol–water partition coefficient (Wildman–Crippen LogP) is 2.19. The van der Waals surface area contributed by atoms with Crippen molar-refractivity contribution < 1.29 is 29.0 Å². The van der Waals surface area contributed by atoms with Crippen LogP contribution >= 0.6 is 11.8 Å². The lowest BCUT2D eigenvalue weighted by Crippen LogP contribution is -2.43. The Labute approximate surface area is 227 Å². The molecule has 0 spiro atoms. The summed E-state index contributed by atoms with van der Waals surface area (Å²) in [5, 5.41) is 16.1. The summed E-state index contributed by atoms with van der Waals surface area (Å²) in [6.45, 7) is 1.33. The molecular weight excluding hydrogens is 524 g/mol. The number of pyridine rings is 2. The van der Waals surface area contributed by atoms with Crippen molar-refractivity contribution in [2.75, 3.05) is 54.2 Å². The molecule has 3 aromatic rings. The number of carbonyl (C=O) groups is 3. The minimum Gasteiger partial charge on any atom is -0.481 e. The number of carboxylic acid groups (broad SMARTS) is 1. The van der Waals surface area contributed by atoms with E-state index >= 15 is 0 Å². The Morgan fingerprint density at radius 1 is 1.23 bits per heavy atom. The quantitative estimate of drug-likeness (QED) is 0.398. The van der Waals surface area contributed by atoms with Gasteiger partial charge in [-0.15, -0.1) is 11.8 Å². The molecule has 5 heterocycles. The van der Waals surface area contributed by atoms with E-state index in [9.17, 15) is 19.5 Å². The van der Waals surface area contributed by atoms with Gasteiger partial charge in [0, 0.05) is 48.5 Å². The zero-order valence-corrected chi connectivity index (χ0v) is 21.8. The van der Waals surface area contributed by atoms with Crippen molar-refractivity contribution >= 4 is 57.8 Å². The molecule has 3 aliphatic rings. The van der Waals surface area contributed by atoms with Crippen LogP contribution in [0, 0.1) is 5.92 Å². The van der Waals surface area contributed by atoms with Crippen molar-refractivity contribution in [3.05, 3.63) is 42.6 Å². The summed E-state index contributed by atoms with van der Waals surface area (Å²) in [6.07, 6.45) is 0.732. The van der Waals surface area contributed by atoms with Gasteiger partial charge in [0.05, 0.1) is 42.2 Å². The van der Waals surface area contributed by atoms with Crippen molar-refractivity contribution in [1.29, 1.82) is 0 Å². The van der Waals surface area contributed by atoms with E-state index in [1.807, 2.05) is 29.2 Å². The van der Waals surface area contributed by atoms with Gasteiger partial charge in [0.25, 0.3) is 0 Å². The number of carbonyl (C=O) groups excluding carboxylic acids is 2. The number of thioether (sulfide) groups is 1. The number of fused-ring (bicyclic) bond motifs is 2. The fourth-order valence-electron chi connectivity index (χ4n) is 5.18. The highest BCUT2D eigenvalue weighted by atomic mass is 32.2. The summed E-state index contributed by atoms with van der Waals surface area (Å²) in [5.74, 6) is -0.840. The maximum absolute atomic E-state index is 12.7. The first-order chi connectivity index (χ1) is 18.9. The SMILES string of the molecule is COc1ccc2nccc(N3C[C@@H](NC[C@H]4CN(c5ccc6c(c5)NC(=O)CS6)C(=O)O4)[C@H](C(=O)O)C3)c2n1. The number of carboxylic acids is 1. The Kier molecular flexibility index (Phi) is 6.61. The number of hydrogen-bond acceptors (Lipinski definition) is 10. The number of cyclic esters (lactones) is 1. The first-order valence-electron chi connectivity index (χ1n) is 12.5. The lowest BCUT2D eigenvalue weighted by molar-refractivity contribution is -0.141. The summed E-state index contributed by atoms with van der Waals surface area (Å²) in [5.41, 5.74) is 3.42. The van der Waals surface area contributed by atoms with E-state index in [4.69, 9.17) is 9.47 Å². The zero-order chi connectivity index (χ0) is 27.1. The Morgan fingerprint density at radius 2 is 2.10 bits per heavy atom. The Hall–Kier alpha value is -4.10. The van der Waals surface area contributed by atoms with Crippen LogP contribution < -0.4 is 25.2 Å². The van der Waals surface area contributed by atoms with Gasteiger partial charge < -0.3 is 30.1 Å². The lowest BCUT2D eigenvalue weighted by atomic mass is 10.0. The molecule has 39 heavy (non-hydrogen) atoms. The molecule has 0 aliphatic carbocycles. The number of amides is 2. The molecule has 2 saturated heterocycles. The summed E-state index contributed by atoms with van der Waals surface area (Å²) >= 11 is 1.45. The third-order valence-electron chi connectivity index (χ3n) is 7.11. The number of nitrogens with zero attached hydrogens (tertiary/aromatic N) is 4. The molecule has 12 nitrogen and oxygen atoms in total. The molecule has 2 aromatic heterocycles. The molecule has 3 aliphatic heterocycles. The molecule has 202 valence electrons. The normalized spacial score (nSPS) is 22.5. The van der Waals surface area contributed by atoms with Gasteiger partial charge in [-0.2, -0.15) is 0 Å². The van der Waals surface area contributed by atoms with Crippen LogP contribution in [-0.4, -0.2) is 84.2 Å². The third kappa shape index (κ3) is 4.90. The molecule has 0 unspecified atom stereocenters. The van der Waals surface area contributed by atoms with Crippen LogP contribution in [0.25, 0.3) is 11.0 Å². The summed E-state index contributed by atoms with van der Waals surface area (Å²) in [6, 6.07) is 10.5. The highest BCUT2D eigenvalue weighted by Crippen LogP contribution is 2.36. The van der Waals surface area contributed by atoms with E-state index in [1.165, 1.54) is 16.7 Å². The number of nitrogens with one attached hydrogen (secondary N) is 2. The van der Waals surface area contributed by atoms with Gasteiger partial charge in [0.15, 0.2) is 0 Å². The van der Waals surface area contributed by atoms with Gasteiger partial charge in [-0.1, -0.05) is 0 Å². The number of aliphatic carboxylic acids is 1.